The van der Waals surface area contributed by atoms with Gasteiger partial charge in [-0.25, -0.2) is 0 Å². The van der Waals surface area contributed by atoms with E-state index in [0.717, 1.165) is 36.9 Å². The van der Waals surface area contributed by atoms with Crippen molar-refractivity contribution in [1.82, 2.24) is 9.80 Å². The SMILES string of the molecule is CN(CC1CC1)C1C2CCC1CN(CC(O)COc1ccc(C#N)cc1)C2. The summed E-state index contributed by atoms with van der Waals surface area (Å²) in [5.74, 6) is 3.15. The van der Waals surface area contributed by atoms with Crippen LogP contribution in [0.3, 0.4) is 0 Å². The van der Waals surface area contributed by atoms with Crippen molar-refractivity contribution in [3.8, 4) is 11.8 Å². The van der Waals surface area contributed by atoms with Crippen LogP contribution < -0.4 is 4.74 Å². The summed E-state index contributed by atoms with van der Waals surface area (Å²) in [5.41, 5.74) is 0.618. The van der Waals surface area contributed by atoms with Gasteiger partial charge < -0.3 is 14.7 Å². The Morgan fingerprint density at radius 1 is 1.19 bits per heavy atom. The number of β-amino-alcohol motifs (C(OH)–C–C–N with tert-alkyl or cyclic N) is 1. The highest BCUT2D eigenvalue weighted by Crippen LogP contribution is 2.41. The summed E-state index contributed by atoms with van der Waals surface area (Å²) in [6.45, 7) is 4.46. The van der Waals surface area contributed by atoms with Crippen molar-refractivity contribution in [2.24, 2.45) is 17.8 Å². The minimum Gasteiger partial charge on any atom is -0.491 e. The molecular formula is C22H31N3O2. The first kappa shape index (κ1) is 18.7. The van der Waals surface area contributed by atoms with Gasteiger partial charge in [-0.2, -0.15) is 5.26 Å². The number of nitriles is 1. The number of hydrogen-bond donors (Lipinski definition) is 1. The zero-order chi connectivity index (χ0) is 18.8. The first-order valence-corrected chi connectivity index (χ1v) is 10.4. The fourth-order valence-corrected chi connectivity index (χ4v) is 5.16. The highest BCUT2D eigenvalue weighted by molar-refractivity contribution is 5.34. The largest absolute Gasteiger partial charge is 0.491 e. The fourth-order valence-electron chi connectivity index (χ4n) is 5.16. The van der Waals surface area contributed by atoms with Crippen LogP contribution in [0.2, 0.25) is 0 Å². The van der Waals surface area contributed by atoms with Crippen LogP contribution in [0.25, 0.3) is 0 Å². The van der Waals surface area contributed by atoms with E-state index in [4.69, 9.17) is 10.00 Å². The number of likely N-dealkylation sites (tertiary alicyclic amines) is 1. The van der Waals surface area contributed by atoms with Crippen LogP contribution in [0.4, 0.5) is 0 Å². The first-order chi connectivity index (χ1) is 13.1. The highest BCUT2D eigenvalue weighted by atomic mass is 16.5. The molecule has 3 atom stereocenters. The lowest BCUT2D eigenvalue weighted by Gasteiger charge is -2.43. The van der Waals surface area contributed by atoms with Gasteiger partial charge in [0, 0.05) is 32.2 Å². The zero-order valence-corrected chi connectivity index (χ0v) is 16.3. The molecule has 2 bridgehead atoms. The number of fused-ring (bicyclic) bond motifs is 2. The molecule has 5 nitrogen and oxygen atoms in total. The average molecular weight is 370 g/mol. The highest BCUT2D eigenvalue weighted by Gasteiger charge is 2.44. The van der Waals surface area contributed by atoms with Crippen molar-refractivity contribution >= 4 is 0 Å². The third-order valence-electron chi connectivity index (χ3n) is 6.51. The average Bonchev–Trinajstić information content (AvgIpc) is 3.44. The van der Waals surface area contributed by atoms with E-state index < -0.39 is 6.10 Å². The van der Waals surface area contributed by atoms with Crippen LogP contribution in [0.5, 0.6) is 5.75 Å². The Labute approximate surface area is 162 Å². The number of ether oxygens (including phenoxy) is 1. The number of benzene rings is 1. The van der Waals surface area contributed by atoms with Gasteiger partial charge in [0.2, 0.25) is 0 Å². The molecule has 1 saturated heterocycles. The normalized spacial score (nSPS) is 28.9. The summed E-state index contributed by atoms with van der Waals surface area (Å²) >= 11 is 0. The number of piperidine rings is 1. The van der Waals surface area contributed by atoms with E-state index in [1.165, 1.54) is 32.2 Å². The van der Waals surface area contributed by atoms with Crippen molar-refractivity contribution in [2.45, 2.75) is 37.8 Å². The Morgan fingerprint density at radius 3 is 2.44 bits per heavy atom. The number of aliphatic hydroxyl groups excluding tert-OH is 1. The summed E-state index contributed by atoms with van der Waals surface area (Å²) < 4.78 is 5.69. The lowest BCUT2D eigenvalue weighted by Crippen LogP contribution is -2.53. The minimum absolute atomic E-state index is 0.294. The molecule has 3 fully saturated rings. The molecule has 2 saturated carbocycles. The van der Waals surface area contributed by atoms with Crippen LogP contribution in [-0.2, 0) is 0 Å². The maximum Gasteiger partial charge on any atom is 0.119 e. The van der Waals surface area contributed by atoms with Crippen molar-refractivity contribution in [3.63, 3.8) is 0 Å². The maximum atomic E-state index is 10.4. The molecule has 146 valence electrons. The Hall–Kier alpha value is -1.61. The van der Waals surface area contributed by atoms with Gasteiger partial charge >= 0.3 is 0 Å². The molecule has 1 heterocycles. The maximum absolute atomic E-state index is 10.4. The van der Waals surface area contributed by atoms with E-state index >= 15 is 0 Å². The molecule has 3 aliphatic rings. The van der Waals surface area contributed by atoms with Gasteiger partial charge in [0.15, 0.2) is 0 Å². The molecule has 4 rings (SSSR count). The van der Waals surface area contributed by atoms with Crippen LogP contribution in [0.1, 0.15) is 31.2 Å². The molecule has 27 heavy (non-hydrogen) atoms. The molecular weight excluding hydrogens is 338 g/mol. The van der Waals surface area contributed by atoms with Gasteiger partial charge in [-0.05, 0) is 74.8 Å². The van der Waals surface area contributed by atoms with Crippen molar-refractivity contribution in [3.05, 3.63) is 29.8 Å². The molecule has 1 aliphatic heterocycles. The topological polar surface area (TPSA) is 59.7 Å². The molecule has 1 aromatic carbocycles. The molecule has 3 unspecified atom stereocenters. The Kier molecular flexibility index (Phi) is 5.68. The van der Waals surface area contributed by atoms with Crippen molar-refractivity contribution < 1.29 is 9.84 Å². The van der Waals surface area contributed by atoms with Gasteiger partial charge in [0.25, 0.3) is 0 Å². The van der Waals surface area contributed by atoms with Gasteiger partial charge in [-0.3, -0.25) is 4.90 Å². The van der Waals surface area contributed by atoms with E-state index in [0.29, 0.717) is 24.5 Å². The molecule has 0 radical (unpaired) electrons. The zero-order valence-electron chi connectivity index (χ0n) is 16.3. The van der Waals surface area contributed by atoms with Crippen LogP contribution in [0, 0.1) is 29.1 Å². The first-order valence-electron chi connectivity index (χ1n) is 10.4. The second-order valence-corrected chi connectivity index (χ2v) is 8.79. The summed E-state index contributed by atoms with van der Waals surface area (Å²) in [4.78, 5) is 5.08. The minimum atomic E-state index is -0.485. The molecule has 1 aromatic rings. The second-order valence-electron chi connectivity index (χ2n) is 8.79. The number of nitrogens with zero attached hydrogens (tertiary/aromatic N) is 3. The third kappa shape index (κ3) is 4.63. The number of aliphatic hydroxyl groups is 1. The number of rotatable bonds is 8. The third-order valence-corrected chi connectivity index (χ3v) is 6.51. The van der Waals surface area contributed by atoms with E-state index in [1.807, 2.05) is 0 Å². The lowest BCUT2D eigenvalue weighted by atomic mass is 9.90. The quantitative estimate of drug-likeness (QED) is 0.762. The summed E-state index contributed by atoms with van der Waals surface area (Å²) in [5, 5.41) is 19.3. The van der Waals surface area contributed by atoms with Gasteiger partial charge in [-0.15, -0.1) is 0 Å². The predicted octanol–water partition coefficient (Wildman–Crippen LogP) is 2.35. The number of hydrogen-bond acceptors (Lipinski definition) is 5. The smallest absolute Gasteiger partial charge is 0.119 e. The van der Waals surface area contributed by atoms with Crippen molar-refractivity contribution in [2.75, 3.05) is 39.8 Å². The molecule has 1 N–H and O–H groups in total. The van der Waals surface area contributed by atoms with Gasteiger partial charge in [0.05, 0.1) is 11.6 Å². The Bertz CT molecular complexity index is 653. The van der Waals surface area contributed by atoms with Gasteiger partial charge in [-0.1, -0.05) is 0 Å². The Morgan fingerprint density at radius 2 is 1.85 bits per heavy atom. The predicted molar refractivity (Wildman–Crippen MR) is 104 cm³/mol. The monoisotopic (exact) mass is 369 g/mol. The van der Waals surface area contributed by atoms with Crippen LogP contribution >= 0.6 is 0 Å². The Balaban J connectivity index is 1.23. The van der Waals surface area contributed by atoms with Crippen molar-refractivity contribution in [1.29, 1.82) is 5.26 Å². The second kappa shape index (κ2) is 8.18. The molecule has 0 aromatic heterocycles. The summed E-state index contributed by atoms with van der Waals surface area (Å²) in [6.07, 6.45) is 5.02. The molecule has 0 amide bonds. The molecule has 2 aliphatic carbocycles. The fraction of sp³-hybridized carbons (Fsp3) is 0.682. The summed E-state index contributed by atoms with van der Waals surface area (Å²) in [6, 6.07) is 9.89. The molecule has 0 spiro atoms. The standard InChI is InChI=1S/C22H31N3O2/c1-24(11-17-2-3-17)22-18-6-7-19(22)13-25(12-18)14-20(26)15-27-21-8-4-16(10-23)5-9-21/h4-5,8-9,17-20,22,26H,2-3,6-7,11-15H2,1H3. The van der Waals surface area contributed by atoms with E-state index in [1.54, 1.807) is 24.3 Å². The molecule has 5 heteroatoms. The van der Waals surface area contributed by atoms with Crippen LogP contribution in [0.15, 0.2) is 24.3 Å². The van der Waals surface area contributed by atoms with E-state index in [-0.39, 0.29) is 0 Å². The van der Waals surface area contributed by atoms with Gasteiger partial charge in [0.1, 0.15) is 18.5 Å². The summed E-state index contributed by atoms with van der Waals surface area (Å²) in [7, 11) is 2.32. The van der Waals surface area contributed by atoms with E-state index in [2.05, 4.69) is 22.9 Å². The van der Waals surface area contributed by atoms with E-state index in [9.17, 15) is 5.11 Å². The lowest BCUT2D eigenvalue weighted by molar-refractivity contribution is 0.0181. The van der Waals surface area contributed by atoms with Crippen LogP contribution in [-0.4, -0.2) is 66.9 Å².